The summed E-state index contributed by atoms with van der Waals surface area (Å²) < 4.78 is 0. The van der Waals surface area contributed by atoms with Crippen LogP contribution in [-0.2, 0) is 4.79 Å². The molecule has 1 amide bonds. The molecule has 0 aliphatic carbocycles. The van der Waals surface area contributed by atoms with E-state index in [1.807, 2.05) is 19.1 Å². The molecule has 1 rings (SSSR count). The van der Waals surface area contributed by atoms with Gasteiger partial charge in [0.25, 0.3) is 0 Å². The molecule has 1 N–H and O–H groups in total. The molecule has 1 aliphatic rings. The van der Waals surface area contributed by atoms with Crippen LogP contribution in [0.1, 0.15) is 27.2 Å². The number of rotatable bonds is 1. The van der Waals surface area contributed by atoms with E-state index in [0.29, 0.717) is 0 Å². The highest BCUT2D eigenvalue weighted by Crippen LogP contribution is 2.24. The Bertz CT molecular complexity index is 194. The third-order valence-electron chi connectivity index (χ3n) is 1.95. The standard InChI is InChI=1S/C9H15NO/c1-4-5-7-6-9(2,3)10-8(7)11/h4-5,7H,6H2,1-3H3,(H,10,11)/b5-4-/t7-/m1/s1. The molecule has 0 spiro atoms. The smallest absolute Gasteiger partial charge is 0.227 e. The van der Waals surface area contributed by atoms with Crippen molar-refractivity contribution >= 4 is 5.91 Å². The summed E-state index contributed by atoms with van der Waals surface area (Å²) in [7, 11) is 0. The van der Waals surface area contributed by atoms with E-state index in [0.717, 1.165) is 6.42 Å². The lowest BCUT2D eigenvalue weighted by molar-refractivity contribution is -0.121. The lowest BCUT2D eigenvalue weighted by Crippen LogP contribution is -2.34. The second-order valence-electron chi connectivity index (χ2n) is 3.71. The summed E-state index contributed by atoms with van der Waals surface area (Å²) >= 11 is 0. The molecule has 1 fully saturated rings. The van der Waals surface area contributed by atoms with Gasteiger partial charge in [-0.2, -0.15) is 0 Å². The van der Waals surface area contributed by atoms with E-state index in [1.165, 1.54) is 0 Å². The monoisotopic (exact) mass is 153 g/mol. The minimum atomic E-state index is -0.0126. The van der Waals surface area contributed by atoms with Gasteiger partial charge in [-0.3, -0.25) is 4.79 Å². The van der Waals surface area contributed by atoms with Crippen molar-refractivity contribution in [2.24, 2.45) is 5.92 Å². The lowest BCUT2D eigenvalue weighted by Gasteiger charge is -2.15. The van der Waals surface area contributed by atoms with Crippen molar-refractivity contribution in [3.05, 3.63) is 12.2 Å². The molecule has 0 radical (unpaired) electrons. The van der Waals surface area contributed by atoms with Gasteiger partial charge in [-0.15, -0.1) is 0 Å². The minimum absolute atomic E-state index is 0.0126. The molecule has 11 heavy (non-hydrogen) atoms. The Kier molecular flexibility index (Phi) is 2.03. The number of amides is 1. The van der Waals surface area contributed by atoms with Crippen molar-refractivity contribution in [1.29, 1.82) is 0 Å². The summed E-state index contributed by atoms with van der Waals surface area (Å²) in [5, 5.41) is 2.94. The number of nitrogens with one attached hydrogen (secondary N) is 1. The van der Waals surface area contributed by atoms with Crippen molar-refractivity contribution in [3.63, 3.8) is 0 Å². The number of allylic oxidation sites excluding steroid dienone is 1. The lowest BCUT2D eigenvalue weighted by atomic mass is 9.97. The third kappa shape index (κ3) is 1.82. The summed E-state index contributed by atoms with van der Waals surface area (Å²) in [5.41, 5.74) is -0.0126. The van der Waals surface area contributed by atoms with Crippen LogP contribution in [0.3, 0.4) is 0 Å². The van der Waals surface area contributed by atoms with Crippen LogP contribution in [0.5, 0.6) is 0 Å². The first kappa shape index (κ1) is 8.31. The van der Waals surface area contributed by atoms with E-state index in [-0.39, 0.29) is 17.4 Å². The largest absolute Gasteiger partial charge is 0.351 e. The fourth-order valence-corrected chi connectivity index (χ4v) is 1.51. The molecule has 1 atom stereocenters. The number of hydrogen-bond donors (Lipinski definition) is 1. The molecule has 2 nitrogen and oxygen atoms in total. The summed E-state index contributed by atoms with van der Waals surface area (Å²) in [4.78, 5) is 11.2. The highest BCUT2D eigenvalue weighted by molar-refractivity contribution is 5.83. The van der Waals surface area contributed by atoms with Gasteiger partial charge in [-0.05, 0) is 27.2 Å². The van der Waals surface area contributed by atoms with Crippen molar-refractivity contribution < 1.29 is 4.79 Å². The predicted octanol–water partition coefficient (Wildman–Crippen LogP) is 1.48. The Balaban J connectivity index is 2.66. The molecule has 0 aromatic heterocycles. The zero-order chi connectivity index (χ0) is 8.48. The predicted molar refractivity (Wildman–Crippen MR) is 45.1 cm³/mol. The van der Waals surface area contributed by atoms with Crippen LogP contribution in [0.2, 0.25) is 0 Å². The van der Waals surface area contributed by atoms with Gasteiger partial charge in [-0.1, -0.05) is 12.2 Å². The SMILES string of the molecule is C/C=C\[C@@H]1CC(C)(C)NC1=O. The van der Waals surface area contributed by atoms with Gasteiger partial charge in [0.1, 0.15) is 0 Å². The molecule has 0 bridgehead atoms. The Labute approximate surface area is 67.7 Å². The van der Waals surface area contributed by atoms with Gasteiger partial charge in [0, 0.05) is 5.54 Å². The van der Waals surface area contributed by atoms with Crippen LogP contribution in [-0.4, -0.2) is 11.4 Å². The summed E-state index contributed by atoms with van der Waals surface area (Å²) in [5.74, 6) is 0.253. The van der Waals surface area contributed by atoms with Crippen LogP contribution in [0, 0.1) is 5.92 Å². The molecular formula is C9H15NO. The topological polar surface area (TPSA) is 29.1 Å². The fourth-order valence-electron chi connectivity index (χ4n) is 1.51. The quantitative estimate of drug-likeness (QED) is 0.568. The molecule has 62 valence electrons. The highest BCUT2D eigenvalue weighted by Gasteiger charge is 2.35. The molecule has 0 unspecified atom stereocenters. The molecule has 2 heteroatoms. The van der Waals surface area contributed by atoms with Gasteiger partial charge in [0.05, 0.1) is 5.92 Å². The van der Waals surface area contributed by atoms with Crippen molar-refractivity contribution in [2.45, 2.75) is 32.7 Å². The fraction of sp³-hybridized carbons (Fsp3) is 0.667. The first-order chi connectivity index (χ1) is 5.05. The minimum Gasteiger partial charge on any atom is -0.351 e. The van der Waals surface area contributed by atoms with E-state index in [4.69, 9.17) is 0 Å². The Hall–Kier alpha value is -0.790. The Morgan fingerprint density at radius 2 is 2.27 bits per heavy atom. The van der Waals surface area contributed by atoms with Crippen LogP contribution in [0.15, 0.2) is 12.2 Å². The Morgan fingerprint density at radius 1 is 1.64 bits per heavy atom. The average molecular weight is 153 g/mol. The molecule has 0 saturated carbocycles. The van der Waals surface area contributed by atoms with E-state index < -0.39 is 0 Å². The average Bonchev–Trinajstić information content (AvgIpc) is 2.07. The summed E-state index contributed by atoms with van der Waals surface area (Å²) in [6.45, 7) is 6.04. The second kappa shape index (κ2) is 2.68. The molecule has 1 saturated heterocycles. The van der Waals surface area contributed by atoms with Crippen LogP contribution in [0.25, 0.3) is 0 Å². The highest BCUT2D eigenvalue weighted by atomic mass is 16.2. The molecular weight excluding hydrogens is 138 g/mol. The van der Waals surface area contributed by atoms with Crippen LogP contribution in [0.4, 0.5) is 0 Å². The van der Waals surface area contributed by atoms with E-state index in [1.54, 1.807) is 0 Å². The zero-order valence-electron chi connectivity index (χ0n) is 7.35. The molecule has 0 aromatic rings. The number of hydrogen-bond acceptors (Lipinski definition) is 1. The van der Waals surface area contributed by atoms with E-state index in [9.17, 15) is 4.79 Å². The first-order valence-corrected chi connectivity index (χ1v) is 4.00. The third-order valence-corrected chi connectivity index (χ3v) is 1.95. The number of carbonyl (C=O) groups excluding carboxylic acids is 1. The second-order valence-corrected chi connectivity index (χ2v) is 3.71. The van der Waals surface area contributed by atoms with E-state index >= 15 is 0 Å². The maximum atomic E-state index is 11.2. The first-order valence-electron chi connectivity index (χ1n) is 4.00. The zero-order valence-corrected chi connectivity index (χ0v) is 7.35. The van der Waals surface area contributed by atoms with Crippen molar-refractivity contribution in [3.8, 4) is 0 Å². The number of carbonyl (C=O) groups is 1. The van der Waals surface area contributed by atoms with Gasteiger partial charge >= 0.3 is 0 Å². The normalized spacial score (nSPS) is 29.4. The summed E-state index contributed by atoms with van der Waals surface area (Å²) in [6.07, 6.45) is 4.81. The maximum absolute atomic E-state index is 11.2. The maximum Gasteiger partial charge on any atom is 0.227 e. The summed E-state index contributed by atoms with van der Waals surface area (Å²) in [6, 6.07) is 0. The van der Waals surface area contributed by atoms with Crippen LogP contribution < -0.4 is 5.32 Å². The van der Waals surface area contributed by atoms with Crippen LogP contribution >= 0.6 is 0 Å². The molecule has 1 heterocycles. The molecule has 1 aliphatic heterocycles. The molecule has 0 aromatic carbocycles. The van der Waals surface area contributed by atoms with Gasteiger partial charge in [0.2, 0.25) is 5.91 Å². The Morgan fingerprint density at radius 3 is 2.64 bits per heavy atom. The van der Waals surface area contributed by atoms with Gasteiger partial charge in [-0.25, -0.2) is 0 Å². The van der Waals surface area contributed by atoms with Gasteiger partial charge < -0.3 is 5.32 Å². The van der Waals surface area contributed by atoms with Crippen molar-refractivity contribution in [2.75, 3.05) is 0 Å². The van der Waals surface area contributed by atoms with Crippen molar-refractivity contribution in [1.82, 2.24) is 5.32 Å². The van der Waals surface area contributed by atoms with Gasteiger partial charge in [0.15, 0.2) is 0 Å². The van der Waals surface area contributed by atoms with E-state index in [2.05, 4.69) is 19.2 Å².